The lowest BCUT2D eigenvalue weighted by Crippen LogP contribution is -2.42. The zero-order valence-corrected chi connectivity index (χ0v) is 7.76. The molecule has 0 fully saturated rings. The highest BCUT2D eigenvalue weighted by atomic mass is 35.5. The van der Waals surface area contributed by atoms with E-state index in [0.29, 0.717) is 6.42 Å². The molecule has 70 valence electrons. The lowest BCUT2D eigenvalue weighted by atomic mass is 10.0. The second-order valence-corrected chi connectivity index (χ2v) is 2.99. The van der Waals surface area contributed by atoms with Crippen LogP contribution in [0.1, 0.15) is 20.3 Å². The Labute approximate surface area is 75.9 Å². The van der Waals surface area contributed by atoms with Crippen molar-refractivity contribution in [2.24, 2.45) is 5.92 Å². The molecule has 0 rings (SSSR count). The Morgan fingerprint density at radius 3 is 2.33 bits per heavy atom. The van der Waals surface area contributed by atoms with Gasteiger partial charge in [-0.15, -0.1) is 0 Å². The molecule has 0 aromatic carbocycles. The van der Waals surface area contributed by atoms with E-state index in [1.54, 1.807) is 6.92 Å². The first-order chi connectivity index (χ1) is 5.49. The maximum Gasteiger partial charge on any atom is 0.405 e. The van der Waals surface area contributed by atoms with Crippen LogP contribution in [0.25, 0.3) is 0 Å². The number of hydrogen-bond acceptors (Lipinski definition) is 2. The van der Waals surface area contributed by atoms with Gasteiger partial charge >= 0.3 is 6.09 Å². The Bertz CT molecular complexity index is 183. The van der Waals surface area contributed by atoms with E-state index >= 15 is 0 Å². The molecule has 0 radical (unpaired) electrons. The topological polar surface area (TPSA) is 66.4 Å². The summed E-state index contributed by atoms with van der Waals surface area (Å²) in [4.78, 5) is 20.9. The summed E-state index contributed by atoms with van der Waals surface area (Å²) in [6.07, 6.45) is -0.530. The van der Waals surface area contributed by atoms with Gasteiger partial charge in [0.25, 0.3) is 0 Å². The summed E-state index contributed by atoms with van der Waals surface area (Å²) >= 11 is 5.20. The number of nitrogens with one attached hydrogen (secondary N) is 1. The smallest absolute Gasteiger partial charge is 0.405 e. The van der Waals surface area contributed by atoms with Crippen molar-refractivity contribution in [3.05, 3.63) is 0 Å². The molecule has 0 heterocycles. The molecule has 1 amide bonds. The Kier molecular flexibility index (Phi) is 4.66. The van der Waals surface area contributed by atoms with Gasteiger partial charge in [-0.2, -0.15) is 0 Å². The van der Waals surface area contributed by atoms with Crippen LogP contribution in [0.5, 0.6) is 0 Å². The molecule has 0 aliphatic carbocycles. The highest BCUT2D eigenvalue weighted by molar-refractivity contribution is 6.64. The first-order valence-corrected chi connectivity index (χ1v) is 4.05. The summed E-state index contributed by atoms with van der Waals surface area (Å²) in [6.45, 7) is 3.63. The summed E-state index contributed by atoms with van der Waals surface area (Å²) in [5.74, 6) is -0.0777. The fraction of sp³-hybridized carbons (Fsp3) is 0.714. The first kappa shape index (κ1) is 11.2. The van der Waals surface area contributed by atoms with Crippen molar-refractivity contribution in [2.45, 2.75) is 26.3 Å². The minimum absolute atomic E-state index is 0.0777. The SMILES string of the molecule is CC[C@H](C)[C@H](NC(=O)O)C(=O)Cl. The third-order valence-corrected chi connectivity index (χ3v) is 1.97. The summed E-state index contributed by atoms with van der Waals surface area (Å²) < 4.78 is 0. The van der Waals surface area contributed by atoms with Crippen molar-refractivity contribution < 1.29 is 14.7 Å². The average Bonchev–Trinajstić information content (AvgIpc) is 1.98. The van der Waals surface area contributed by atoms with Gasteiger partial charge < -0.3 is 10.4 Å². The largest absolute Gasteiger partial charge is 0.465 e. The molecule has 4 nitrogen and oxygen atoms in total. The Morgan fingerprint density at radius 1 is 1.58 bits per heavy atom. The number of halogens is 1. The molecule has 5 heteroatoms. The van der Waals surface area contributed by atoms with Gasteiger partial charge in [-0.05, 0) is 17.5 Å². The number of carbonyl (C=O) groups is 2. The Balaban J connectivity index is 4.22. The van der Waals surface area contributed by atoms with E-state index in [-0.39, 0.29) is 5.92 Å². The molecule has 12 heavy (non-hydrogen) atoms. The van der Waals surface area contributed by atoms with Gasteiger partial charge in [-0.25, -0.2) is 4.79 Å². The average molecular weight is 194 g/mol. The molecule has 0 aromatic heterocycles. The summed E-state index contributed by atoms with van der Waals surface area (Å²) in [6, 6.07) is -0.797. The van der Waals surface area contributed by atoms with Gasteiger partial charge in [0.15, 0.2) is 0 Å². The van der Waals surface area contributed by atoms with Crippen LogP contribution in [0, 0.1) is 5.92 Å². The maximum absolute atomic E-state index is 10.7. The molecule has 0 saturated carbocycles. The summed E-state index contributed by atoms with van der Waals surface area (Å²) in [5.41, 5.74) is 0. The first-order valence-electron chi connectivity index (χ1n) is 3.67. The van der Waals surface area contributed by atoms with Crippen LogP contribution in [0.15, 0.2) is 0 Å². The van der Waals surface area contributed by atoms with Crippen LogP contribution < -0.4 is 5.32 Å². The number of rotatable bonds is 4. The molecule has 0 bridgehead atoms. The van der Waals surface area contributed by atoms with E-state index in [9.17, 15) is 9.59 Å². The van der Waals surface area contributed by atoms with Crippen LogP contribution in [-0.4, -0.2) is 22.5 Å². The van der Waals surface area contributed by atoms with Crippen molar-refractivity contribution in [3.63, 3.8) is 0 Å². The molecule has 0 unspecified atom stereocenters. The lowest BCUT2D eigenvalue weighted by Gasteiger charge is -2.18. The number of amides is 1. The quantitative estimate of drug-likeness (QED) is 0.664. The molecular formula is C7H12ClNO3. The van der Waals surface area contributed by atoms with Crippen molar-refractivity contribution in [3.8, 4) is 0 Å². The maximum atomic E-state index is 10.7. The molecule has 0 aliphatic heterocycles. The van der Waals surface area contributed by atoms with E-state index in [1.807, 2.05) is 6.92 Å². The number of carbonyl (C=O) groups excluding carboxylic acids is 1. The lowest BCUT2D eigenvalue weighted by molar-refractivity contribution is -0.114. The van der Waals surface area contributed by atoms with Crippen LogP contribution in [0.4, 0.5) is 4.79 Å². The van der Waals surface area contributed by atoms with Gasteiger partial charge in [0.2, 0.25) is 5.24 Å². The third-order valence-electron chi connectivity index (χ3n) is 1.74. The zero-order chi connectivity index (χ0) is 9.72. The third kappa shape index (κ3) is 3.57. The van der Waals surface area contributed by atoms with Crippen molar-refractivity contribution in [1.29, 1.82) is 0 Å². The van der Waals surface area contributed by atoms with Crippen LogP contribution in [0.2, 0.25) is 0 Å². The van der Waals surface area contributed by atoms with E-state index < -0.39 is 17.4 Å². The normalized spacial score (nSPS) is 14.9. The van der Waals surface area contributed by atoms with Gasteiger partial charge in [0.05, 0.1) is 0 Å². The standard InChI is InChI=1S/C7H12ClNO3/c1-3-4(2)5(6(8)10)9-7(11)12/h4-5,9H,3H2,1-2H3,(H,11,12)/t4-,5-/m0/s1. The predicted molar refractivity (Wildman–Crippen MR) is 45.3 cm³/mol. The fourth-order valence-corrected chi connectivity index (χ4v) is 1.06. The van der Waals surface area contributed by atoms with Crippen LogP contribution in [-0.2, 0) is 4.79 Å². The summed E-state index contributed by atoms with van der Waals surface area (Å²) in [5, 5.41) is 9.76. The highest BCUT2D eigenvalue weighted by Gasteiger charge is 2.23. The fourth-order valence-electron chi connectivity index (χ4n) is 0.791. The monoisotopic (exact) mass is 193 g/mol. The Hall–Kier alpha value is -0.770. The van der Waals surface area contributed by atoms with Gasteiger partial charge in [0, 0.05) is 0 Å². The van der Waals surface area contributed by atoms with E-state index in [1.165, 1.54) is 0 Å². The highest BCUT2D eigenvalue weighted by Crippen LogP contribution is 2.10. The second kappa shape index (κ2) is 4.98. The zero-order valence-electron chi connectivity index (χ0n) is 7.00. The van der Waals surface area contributed by atoms with E-state index in [0.717, 1.165) is 0 Å². The van der Waals surface area contributed by atoms with E-state index in [4.69, 9.17) is 16.7 Å². The van der Waals surface area contributed by atoms with Crippen LogP contribution >= 0.6 is 11.6 Å². The summed E-state index contributed by atoms with van der Waals surface area (Å²) in [7, 11) is 0. The number of carboxylic acid groups (broad SMARTS) is 1. The molecule has 0 saturated heterocycles. The van der Waals surface area contributed by atoms with Gasteiger partial charge in [0.1, 0.15) is 6.04 Å². The second-order valence-electron chi connectivity index (χ2n) is 2.62. The molecule has 0 spiro atoms. The van der Waals surface area contributed by atoms with Crippen LogP contribution in [0.3, 0.4) is 0 Å². The molecular weight excluding hydrogens is 182 g/mol. The van der Waals surface area contributed by atoms with Gasteiger partial charge in [-0.3, -0.25) is 4.79 Å². The molecule has 2 atom stereocenters. The predicted octanol–water partition coefficient (Wildman–Crippen LogP) is 1.43. The molecule has 0 aliphatic rings. The van der Waals surface area contributed by atoms with Crippen molar-refractivity contribution >= 4 is 22.9 Å². The minimum Gasteiger partial charge on any atom is -0.465 e. The molecule has 0 aromatic rings. The Morgan fingerprint density at radius 2 is 2.08 bits per heavy atom. The van der Waals surface area contributed by atoms with Gasteiger partial charge in [-0.1, -0.05) is 20.3 Å². The number of hydrogen-bond donors (Lipinski definition) is 2. The minimum atomic E-state index is -1.23. The van der Waals surface area contributed by atoms with Crippen molar-refractivity contribution in [1.82, 2.24) is 5.32 Å². The molecule has 2 N–H and O–H groups in total. The van der Waals surface area contributed by atoms with E-state index in [2.05, 4.69) is 5.32 Å². The van der Waals surface area contributed by atoms with Crippen molar-refractivity contribution in [2.75, 3.05) is 0 Å².